The van der Waals surface area contributed by atoms with Crippen LogP contribution in [0.15, 0.2) is 41.4 Å². The molecule has 0 atom stereocenters. The van der Waals surface area contributed by atoms with Crippen molar-refractivity contribution in [2.45, 2.75) is 33.1 Å². The zero-order valence-electron chi connectivity index (χ0n) is 16.3. The summed E-state index contributed by atoms with van der Waals surface area (Å²) in [5.41, 5.74) is 10.5. The Labute approximate surface area is 178 Å². The van der Waals surface area contributed by atoms with Crippen LogP contribution < -0.4 is 20.5 Å². The number of nitrogens with one attached hydrogen (secondary N) is 1. The average Bonchev–Trinajstić information content (AvgIpc) is 2.63. The first-order valence-corrected chi connectivity index (χ1v) is 8.89. The van der Waals surface area contributed by atoms with Gasteiger partial charge in [0.05, 0.1) is 6.54 Å². The molecule has 0 aliphatic carbocycles. The van der Waals surface area contributed by atoms with E-state index < -0.39 is 0 Å². The van der Waals surface area contributed by atoms with Crippen LogP contribution in [0.2, 0.25) is 0 Å². The number of guanidine groups is 1. The summed E-state index contributed by atoms with van der Waals surface area (Å²) < 4.78 is 11.3. The highest BCUT2D eigenvalue weighted by Gasteiger charge is 2.23. The van der Waals surface area contributed by atoms with Crippen molar-refractivity contribution in [1.29, 1.82) is 0 Å². The van der Waals surface area contributed by atoms with E-state index in [1.54, 1.807) is 0 Å². The number of fused-ring (bicyclic) bond motifs is 1. The van der Waals surface area contributed by atoms with Gasteiger partial charge in [0, 0.05) is 11.1 Å². The number of nitrogens with two attached hydrogens (primary N) is 1. The lowest BCUT2D eigenvalue weighted by atomic mass is 9.84. The Kier molecular flexibility index (Phi) is 6.97. The minimum absolute atomic E-state index is 0. The minimum Gasteiger partial charge on any atom is -0.486 e. The lowest BCUT2D eigenvalue weighted by molar-refractivity contribution is 0.171. The third kappa shape index (κ3) is 5.28. The molecule has 2 aromatic rings. The summed E-state index contributed by atoms with van der Waals surface area (Å²) in [4.78, 5) is 4.54. The van der Waals surface area contributed by atoms with Crippen LogP contribution in [0.1, 0.15) is 30.5 Å². The smallest absolute Gasteiger partial charge is 0.193 e. The second kappa shape index (κ2) is 8.82. The van der Waals surface area contributed by atoms with Crippen LogP contribution in [0, 0.1) is 13.8 Å². The van der Waals surface area contributed by atoms with Gasteiger partial charge >= 0.3 is 0 Å². The Bertz CT molecular complexity index is 834. The zero-order chi connectivity index (χ0) is 18.7. The van der Waals surface area contributed by atoms with Gasteiger partial charge in [-0.3, -0.25) is 4.99 Å². The van der Waals surface area contributed by atoms with Crippen molar-refractivity contribution >= 4 is 35.6 Å². The molecule has 1 aliphatic rings. The molecule has 1 heterocycles. The normalized spacial score (nSPS) is 13.7. The Morgan fingerprint density at radius 2 is 1.74 bits per heavy atom. The van der Waals surface area contributed by atoms with Crippen molar-refractivity contribution in [3.63, 3.8) is 0 Å². The lowest BCUT2D eigenvalue weighted by Crippen LogP contribution is -2.28. The van der Waals surface area contributed by atoms with E-state index in [9.17, 15) is 0 Å². The second-order valence-electron chi connectivity index (χ2n) is 7.37. The quantitative estimate of drug-likeness (QED) is 0.386. The lowest BCUT2D eigenvalue weighted by Gasteiger charge is -2.26. The van der Waals surface area contributed by atoms with Crippen LogP contribution in [0.4, 0.5) is 5.69 Å². The van der Waals surface area contributed by atoms with Crippen molar-refractivity contribution in [1.82, 2.24) is 0 Å². The molecular weight excluding hydrogens is 453 g/mol. The summed E-state index contributed by atoms with van der Waals surface area (Å²) in [5.74, 6) is 2.01. The van der Waals surface area contributed by atoms with E-state index in [0.717, 1.165) is 22.7 Å². The van der Waals surface area contributed by atoms with Crippen molar-refractivity contribution in [2.75, 3.05) is 25.1 Å². The van der Waals surface area contributed by atoms with E-state index in [0.29, 0.717) is 25.7 Å². The molecule has 3 rings (SSSR count). The molecule has 0 bridgehead atoms. The molecule has 0 radical (unpaired) electrons. The van der Waals surface area contributed by atoms with E-state index in [2.05, 4.69) is 56.2 Å². The average molecular weight is 481 g/mol. The molecule has 0 fully saturated rings. The molecule has 0 aromatic heterocycles. The molecule has 0 spiro atoms. The number of nitrogens with zero attached hydrogens (tertiary/aromatic N) is 1. The molecule has 6 heteroatoms. The Morgan fingerprint density at radius 3 is 2.44 bits per heavy atom. The van der Waals surface area contributed by atoms with Crippen LogP contribution in [-0.2, 0) is 5.41 Å². The highest BCUT2D eigenvalue weighted by Crippen LogP contribution is 2.35. The molecule has 0 amide bonds. The Balaban J connectivity index is 0.00000261. The van der Waals surface area contributed by atoms with E-state index in [4.69, 9.17) is 15.2 Å². The standard InChI is InChI=1S/C21H27N3O2.HI/c1-14-5-7-17(11-15(14)2)24-20(22)23-13-21(3,4)16-6-8-18-19(12-16)26-10-9-25-18;/h5-8,11-12H,9-10,13H2,1-4H3,(H3,22,23,24);1H. The maximum atomic E-state index is 6.08. The third-order valence-corrected chi connectivity index (χ3v) is 4.75. The van der Waals surface area contributed by atoms with Crippen LogP contribution in [0.5, 0.6) is 11.5 Å². The fourth-order valence-corrected chi connectivity index (χ4v) is 2.85. The molecule has 2 aromatic carbocycles. The molecular formula is C21H28IN3O2. The van der Waals surface area contributed by atoms with Crippen molar-refractivity contribution in [3.8, 4) is 11.5 Å². The van der Waals surface area contributed by atoms with Gasteiger partial charge in [0.1, 0.15) is 13.2 Å². The molecule has 5 nitrogen and oxygen atoms in total. The summed E-state index contributed by atoms with van der Waals surface area (Å²) in [6, 6.07) is 12.2. The summed E-state index contributed by atoms with van der Waals surface area (Å²) in [7, 11) is 0. The number of aliphatic imine (C=N–C) groups is 1. The third-order valence-electron chi connectivity index (χ3n) is 4.75. The molecule has 1 aliphatic heterocycles. The Hall–Kier alpha value is -1.96. The fraction of sp³-hybridized carbons (Fsp3) is 0.381. The first-order valence-electron chi connectivity index (χ1n) is 8.89. The van der Waals surface area contributed by atoms with Crippen molar-refractivity contribution < 1.29 is 9.47 Å². The maximum Gasteiger partial charge on any atom is 0.193 e. The number of ether oxygens (including phenoxy) is 2. The van der Waals surface area contributed by atoms with E-state index in [1.165, 1.54) is 11.1 Å². The number of halogens is 1. The van der Waals surface area contributed by atoms with Gasteiger partial charge in [-0.25, -0.2) is 0 Å². The van der Waals surface area contributed by atoms with Crippen LogP contribution in [0.25, 0.3) is 0 Å². The largest absolute Gasteiger partial charge is 0.486 e. The number of hydrogen-bond acceptors (Lipinski definition) is 3. The number of benzene rings is 2. The molecule has 27 heavy (non-hydrogen) atoms. The maximum absolute atomic E-state index is 6.08. The van der Waals surface area contributed by atoms with Crippen molar-refractivity contribution in [2.24, 2.45) is 10.7 Å². The Morgan fingerprint density at radius 1 is 1.04 bits per heavy atom. The predicted molar refractivity (Wildman–Crippen MR) is 122 cm³/mol. The SMILES string of the molecule is Cc1ccc(NC(N)=NCC(C)(C)c2ccc3c(c2)OCCO3)cc1C.I. The molecule has 0 unspecified atom stereocenters. The number of rotatable bonds is 4. The number of aryl methyl sites for hydroxylation is 2. The van der Waals surface area contributed by atoms with Gasteiger partial charge in [-0.2, -0.15) is 0 Å². The van der Waals surface area contributed by atoms with Gasteiger partial charge in [-0.1, -0.05) is 26.0 Å². The molecule has 0 saturated carbocycles. The van der Waals surface area contributed by atoms with Gasteiger partial charge in [0.2, 0.25) is 0 Å². The topological polar surface area (TPSA) is 68.9 Å². The highest BCUT2D eigenvalue weighted by atomic mass is 127. The summed E-state index contributed by atoms with van der Waals surface area (Å²) in [5, 5.41) is 3.17. The van der Waals surface area contributed by atoms with Gasteiger partial charge in [-0.15, -0.1) is 24.0 Å². The van der Waals surface area contributed by atoms with Crippen molar-refractivity contribution in [3.05, 3.63) is 53.1 Å². The summed E-state index contributed by atoms with van der Waals surface area (Å²) in [6.07, 6.45) is 0. The zero-order valence-corrected chi connectivity index (χ0v) is 18.7. The van der Waals surface area contributed by atoms with Gasteiger partial charge in [0.25, 0.3) is 0 Å². The van der Waals surface area contributed by atoms with Crippen LogP contribution in [0.3, 0.4) is 0 Å². The summed E-state index contributed by atoms with van der Waals surface area (Å²) >= 11 is 0. The number of anilines is 1. The monoisotopic (exact) mass is 481 g/mol. The molecule has 146 valence electrons. The van der Waals surface area contributed by atoms with Crippen LogP contribution >= 0.6 is 24.0 Å². The molecule has 3 N–H and O–H groups in total. The second-order valence-corrected chi connectivity index (χ2v) is 7.37. The van der Waals surface area contributed by atoms with E-state index in [-0.39, 0.29) is 29.4 Å². The minimum atomic E-state index is -0.175. The first-order chi connectivity index (χ1) is 12.3. The van der Waals surface area contributed by atoms with Crippen LogP contribution in [-0.4, -0.2) is 25.7 Å². The predicted octanol–water partition coefficient (Wildman–Crippen LogP) is 4.40. The van der Waals surface area contributed by atoms with Gasteiger partial charge in [-0.05, 0) is 54.8 Å². The highest BCUT2D eigenvalue weighted by molar-refractivity contribution is 14.0. The fourth-order valence-electron chi connectivity index (χ4n) is 2.85. The van der Waals surface area contributed by atoms with E-state index in [1.807, 2.05) is 18.2 Å². The van der Waals surface area contributed by atoms with E-state index >= 15 is 0 Å². The number of hydrogen-bond donors (Lipinski definition) is 2. The van der Waals surface area contributed by atoms with Gasteiger partial charge in [0.15, 0.2) is 17.5 Å². The van der Waals surface area contributed by atoms with Gasteiger partial charge < -0.3 is 20.5 Å². The molecule has 0 saturated heterocycles. The first kappa shape index (κ1) is 21.3. The summed E-state index contributed by atoms with van der Waals surface area (Å²) in [6.45, 7) is 10.2.